The van der Waals surface area contributed by atoms with Gasteiger partial charge in [-0.15, -0.1) is 0 Å². The quantitative estimate of drug-likeness (QED) is 0.703. The molecule has 3 N–H and O–H groups in total. The molecule has 0 amide bonds. The number of nitrogens with two attached hydrogens (primary N) is 1. The molecule has 2 aromatic rings. The van der Waals surface area contributed by atoms with Gasteiger partial charge in [0.1, 0.15) is 5.82 Å². The van der Waals surface area contributed by atoms with Gasteiger partial charge in [-0.3, -0.25) is 0 Å². The second kappa shape index (κ2) is 9.33. The van der Waals surface area contributed by atoms with Crippen molar-refractivity contribution in [2.75, 3.05) is 0 Å². The maximum absolute atomic E-state index is 13.3. The van der Waals surface area contributed by atoms with Crippen LogP contribution in [0.4, 0.5) is 4.39 Å². The van der Waals surface area contributed by atoms with Crippen LogP contribution in [0.3, 0.4) is 0 Å². The maximum Gasteiger partial charge on any atom is 0.124 e. The zero-order valence-electron chi connectivity index (χ0n) is 15.2. The summed E-state index contributed by atoms with van der Waals surface area (Å²) in [6.07, 6.45) is 1.60. The standard InChI is InChI=1S/C21H28ClFN2/c1-14(2)10-20(24)21(11-17-8-9-18(23)12-19(17)22)25-13-16-6-4-15(3)5-7-16/h4-9,12,14,20-21,25H,10-11,13,24H2,1-3H3. The second-order valence-corrected chi connectivity index (χ2v) is 7.61. The Bertz CT molecular complexity index is 670. The molecule has 0 fully saturated rings. The van der Waals surface area contributed by atoms with Crippen LogP contribution in [0, 0.1) is 18.7 Å². The molecule has 0 aliphatic heterocycles. The van der Waals surface area contributed by atoms with Gasteiger partial charge in [-0.05, 0) is 48.9 Å². The van der Waals surface area contributed by atoms with Gasteiger partial charge in [-0.1, -0.05) is 61.3 Å². The first-order valence-electron chi connectivity index (χ1n) is 8.83. The Morgan fingerprint density at radius 1 is 1.12 bits per heavy atom. The van der Waals surface area contributed by atoms with E-state index in [2.05, 4.69) is 50.4 Å². The number of nitrogens with one attached hydrogen (secondary N) is 1. The van der Waals surface area contributed by atoms with Crippen molar-refractivity contribution in [1.29, 1.82) is 0 Å². The largest absolute Gasteiger partial charge is 0.326 e. The lowest BCUT2D eigenvalue weighted by atomic mass is 9.93. The summed E-state index contributed by atoms with van der Waals surface area (Å²) in [6, 6.07) is 13.1. The van der Waals surface area contributed by atoms with Crippen molar-refractivity contribution in [2.24, 2.45) is 11.7 Å². The van der Waals surface area contributed by atoms with E-state index in [1.807, 2.05) is 0 Å². The summed E-state index contributed by atoms with van der Waals surface area (Å²) >= 11 is 6.21. The first-order valence-corrected chi connectivity index (χ1v) is 9.21. The predicted octanol–water partition coefficient (Wildman–Crippen LogP) is 4.86. The maximum atomic E-state index is 13.3. The third-order valence-electron chi connectivity index (χ3n) is 4.40. The Kier molecular flexibility index (Phi) is 7.42. The van der Waals surface area contributed by atoms with E-state index in [1.165, 1.54) is 23.3 Å². The Morgan fingerprint density at radius 3 is 2.40 bits per heavy atom. The minimum Gasteiger partial charge on any atom is -0.326 e. The van der Waals surface area contributed by atoms with E-state index >= 15 is 0 Å². The highest BCUT2D eigenvalue weighted by molar-refractivity contribution is 6.31. The molecule has 0 saturated carbocycles. The summed E-state index contributed by atoms with van der Waals surface area (Å²) in [5.74, 6) is 0.201. The molecule has 0 heterocycles. The van der Waals surface area contributed by atoms with Gasteiger partial charge in [-0.2, -0.15) is 0 Å². The smallest absolute Gasteiger partial charge is 0.124 e. The summed E-state index contributed by atoms with van der Waals surface area (Å²) < 4.78 is 13.3. The van der Waals surface area contributed by atoms with Gasteiger partial charge in [0.25, 0.3) is 0 Å². The van der Waals surface area contributed by atoms with E-state index in [1.54, 1.807) is 6.07 Å². The van der Waals surface area contributed by atoms with Crippen molar-refractivity contribution < 1.29 is 4.39 Å². The molecule has 0 bridgehead atoms. The monoisotopic (exact) mass is 362 g/mol. The first-order chi connectivity index (χ1) is 11.8. The minimum absolute atomic E-state index is 0.00608. The lowest BCUT2D eigenvalue weighted by Crippen LogP contribution is -2.47. The lowest BCUT2D eigenvalue weighted by Gasteiger charge is -2.27. The fraction of sp³-hybridized carbons (Fsp3) is 0.429. The second-order valence-electron chi connectivity index (χ2n) is 7.21. The molecular weight excluding hydrogens is 335 g/mol. The summed E-state index contributed by atoms with van der Waals surface area (Å²) in [4.78, 5) is 0. The number of hydrogen-bond donors (Lipinski definition) is 2. The van der Waals surface area contributed by atoms with Crippen molar-refractivity contribution in [3.8, 4) is 0 Å². The van der Waals surface area contributed by atoms with Gasteiger partial charge in [0, 0.05) is 23.7 Å². The van der Waals surface area contributed by atoms with Crippen LogP contribution in [-0.4, -0.2) is 12.1 Å². The van der Waals surface area contributed by atoms with Crippen LogP contribution < -0.4 is 11.1 Å². The van der Waals surface area contributed by atoms with E-state index in [-0.39, 0.29) is 17.9 Å². The summed E-state index contributed by atoms with van der Waals surface area (Å²) in [7, 11) is 0. The molecule has 2 atom stereocenters. The molecule has 2 aromatic carbocycles. The van der Waals surface area contributed by atoms with Crippen LogP contribution in [-0.2, 0) is 13.0 Å². The average molecular weight is 363 g/mol. The molecule has 0 aliphatic carbocycles. The summed E-state index contributed by atoms with van der Waals surface area (Å²) in [5, 5.41) is 4.03. The Balaban J connectivity index is 2.10. The van der Waals surface area contributed by atoms with E-state index in [9.17, 15) is 4.39 Å². The Hall–Kier alpha value is -1.42. The molecule has 25 heavy (non-hydrogen) atoms. The van der Waals surface area contributed by atoms with Crippen molar-refractivity contribution in [1.82, 2.24) is 5.32 Å². The summed E-state index contributed by atoms with van der Waals surface area (Å²) in [6.45, 7) is 7.16. The van der Waals surface area contributed by atoms with E-state index in [4.69, 9.17) is 17.3 Å². The fourth-order valence-corrected chi connectivity index (χ4v) is 3.21. The van der Waals surface area contributed by atoms with Crippen LogP contribution in [0.5, 0.6) is 0 Å². The van der Waals surface area contributed by atoms with Gasteiger partial charge in [0.2, 0.25) is 0 Å². The fourth-order valence-electron chi connectivity index (χ4n) is 2.96. The van der Waals surface area contributed by atoms with E-state index in [0.717, 1.165) is 18.5 Å². The number of benzene rings is 2. The summed E-state index contributed by atoms with van der Waals surface area (Å²) in [5.41, 5.74) is 9.84. The zero-order chi connectivity index (χ0) is 18.4. The van der Waals surface area contributed by atoms with Gasteiger partial charge < -0.3 is 11.1 Å². The van der Waals surface area contributed by atoms with Crippen LogP contribution >= 0.6 is 11.6 Å². The highest BCUT2D eigenvalue weighted by Crippen LogP contribution is 2.21. The van der Waals surface area contributed by atoms with Gasteiger partial charge in [-0.25, -0.2) is 4.39 Å². The topological polar surface area (TPSA) is 38.0 Å². The van der Waals surface area contributed by atoms with Crippen LogP contribution in [0.15, 0.2) is 42.5 Å². The van der Waals surface area contributed by atoms with Crippen molar-refractivity contribution >= 4 is 11.6 Å². The number of halogens is 2. The molecule has 2 unspecified atom stereocenters. The molecule has 4 heteroatoms. The first kappa shape index (κ1) is 19.9. The molecule has 0 saturated heterocycles. The Morgan fingerprint density at radius 2 is 1.80 bits per heavy atom. The molecular formula is C21H28ClFN2. The van der Waals surface area contributed by atoms with Gasteiger partial charge >= 0.3 is 0 Å². The SMILES string of the molecule is Cc1ccc(CNC(Cc2ccc(F)cc2Cl)C(N)CC(C)C)cc1. The number of aryl methyl sites for hydroxylation is 1. The molecule has 0 radical (unpaired) electrons. The molecule has 2 rings (SSSR count). The number of hydrogen-bond acceptors (Lipinski definition) is 2. The molecule has 2 nitrogen and oxygen atoms in total. The van der Waals surface area contributed by atoms with E-state index < -0.39 is 0 Å². The third kappa shape index (κ3) is 6.43. The average Bonchev–Trinajstić information content (AvgIpc) is 2.54. The highest BCUT2D eigenvalue weighted by Gasteiger charge is 2.20. The van der Waals surface area contributed by atoms with Crippen molar-refractivity contribution in [2.45, 2.75) is 52.2 Å². The molecule has 0 aromatic heterocycles. The normalized spacial score (nSPS) is 13.9. The predicted molar refractivity (Wildman–Crippen MR) is 104 cm³/mol. The number of rotatable bonds is 8. The molecule has 136 valence electrons. The highest BCUT2D eigenvalue weighted by atomic mass is 35.5. The van der Waals surface area contributed by atoms with Crippen LogP contribution in [0.2, 0.25) is 5.02 Å². The molecule has 0 spiro atoms. The van der Waals surface area contributed by atoms with Crippen LogP contribution in [0.25, 0.3) is 0 Å². The van der Waals surface area contributed by atoms with Crippen molar-refractivity contribution in [3.63, 3.8) is 0 Å². The van der Waals surface area contributed by atoms with E-state index in [0.29, 0.717) is 17.4 Å². The molecule has 0 aliphatic rings. The third-order valence-corrected chi connectivity index (χ3v) is 4.76. The minimum atomic E-state index is -0.315. The van der Waals surface area contributed by atoms with Crippen LogP contribution in [0.1, 0.15) is 37.0 Å². The van der Waals surface area contributed by atoms with Crippen molar-refractivity contribution in [3.05, 3.63) is 70.0 Å². The Labute approximate surface area is 155 Å². The van der Waals surface area contributed by atoms with Gasteiger partial charge in [0.15, 0.2) is 0 Å². The lowest BCUT2D eigenvalue weighted by molar-refractivity contribution is 0.371. The van der Waals surface area contributed by atoms with Gasteiger partial charge in [0.05, 0.1) is 0 Å². The zero-order valence-corrected chi connectivity index (χ0v) is 16.0.